The van der Waals surface area contributed by atoms with E-state index < -0.39 is 12.2 Å². The summed E-state index contributed by atoms with van der Waals surface area (Å²) in [6.07, 6.45) is 1.15. The highest BCUT2D eigenvalue weighted by atomic mass is 16.3. The maximum Gasteiger partial charge on any atom is 0.149 e. The Bertz CT molecular complexity index is 864. The number of hydrogen-bond donors (Lipinski definition) is 3. The van der Waals surface area contributed by atoms with Crippen LogP contribution in [0.1, 0.15) is 43.2 Å². The maximum atomic E-state index is 10.00. The van der Waals surface area contributed by atoms with Gasteiger partial charge in [0.15, 0.2) is 0 Å². The molecule has 2 aromatic heterocycles. The van der Waals surface area contributed by atoms with Crippen molar-refractivity contribution in [2.45, 2.75) is 52.5 Å². The highest BCUT2D eigenvalue weighted by Crippen LogP contribution is 2.34. The lowest BCUT2D eigenvalue weighted by Gasteiger charge is -2.33. The molecule has 3 heterocycles. The Labute approximate surface area is 177 Å². The quantitative estimate of drug-likeness (QED) is 0.574. The predicted molar refractivity (Wildman–Crippen MR) is 115 cm³/mol. The molecule has 30 heavy (non-hydrogen) atoms. The zero-order chi connectivity index (χ0) is 21.7. The van der Waals surface area contributed by atoms with E-state index in [-0.39, 0.29) is 13.1 Å². The number of nitriles is 1. The minimum Gasteiger partial charge on any atom is -0.467 e. The summed E-state index contributed by atoms with van der Waals surface area (Å²) in [5.41, 5.74) is 2.56. The third-order valence-corrected chi connectivity index (χ3v) is 5.29. The van der Waals surface area contributed by atoms with Gasteiger partial charge in [-0.05, 0) is 44.5 Å². The number of aromatic nitrogens is 1. The van der Waals surface area contributed by atoms with Crippen molar-refractivity contribution in [2.24, 2.45) is 0 Å². The van der Waals surface area contributed by atoms with Crippen LogP contribution >= 0.6 is 0 Å². The first-order chi connectivity index (χ1) is 14.4. The molecule has 0 aromatic carbocycles. The molecule has 0 amide bonds. The monoisotopic (exact) mass is 413 g/mol. The van der Waals surface area contributed by atoms with Crippen LogP contribution in [-0.4, -0.2) is 58.5 Å². The fourth-order valence-corrected chi connectivity index (χ4v) is 3.91. The minimum absolute atomic E-state index is 0.282. The van der Waals surface area contributed by atoms with Gasteiger partial charge in [-0.15, -0.1) is 0 Å². The molecule has 3 N–H and O–H groups in total. The fraction of sp³-hybridized carbons (Fsp3) is 0.545. The molecule has 0 bridgehead atoms. The average Bonchev–Trinajstić information content (AvgIpc) is 3.23. The van der Waals surface area contributed by atoms with Gasteiger partial charge in [0.2, 0.25) is 0 Å². The van der Waals surface area contributed by atoms with Gasteiger partial charge in [-0.1, -0.05) is 6.92 Å². The van der Waals surface area contributed by atoms with Crippen LogP contribution in [0.3, 0.4) is 0 Å². The molecule has 0 saturated carbocycles. The molecule has 0 fully saturated rings. The van der Waals surface area contributed by atoms with Crippen LogP contribution in [0.2, 0.25) is 0 Å². The smallest absolute Gasteiger partial charge is 0.149 e. The van der Waals surface area contributed by atoms with Gasteiger partial charge in [0.1, 0.15) is 23.5 Å². The van der Waals surface area contributed by atoms with E-state index >= 15 is 0 Å². The Hall–Kier alpha value is -2.60. The first kappa shape index (κ1) is 22.1. The standard InChI is InChI=1S/C22H31N5O3/c1-4-26-8-7-18-19(10-23)22(27(12-15(2)28)13-16(3)29)25-21(20(18)14-26)24-11-17-6-5-9-30-17/h5-6,9,15-16,28-29H,4,7-8,11-14H2,1-3H3,(H,24,25). The topological polar surface area (TPSA) is 109 Å². The van der Waals surface area contributed by atoms with Crippen molar-refractivity contribution in [1.82, 2.24) is 9.88 Å². The van der Waals surface area contributed by atoms with Gasteiger partial charge >= 0.3 is 0 Å². The zero-order valence-electron chi connectivity index (χ0n) is 17.9. The van der Waals surface area contributed by atoms with E-state index in [1.165, 1.54) is 0 Å². The number of aliphatic hydroxyl groups is 2. The Morgan fingerprint density at radius 2 is 2.03 bits per heavy atom. The van der Waals surface area contributed by atoms with E-state index in [0.29, 0.717) is 17.9 Å². The summed E-state index contributed by atoms with van der Waals surface area (Å²) < 4.78 is 5.44. The number of rotatable bonds is 9. The van der Waals surface area contributed by atoms with Crippen molar-refractivity contribution < 1.29 is 14.6 Å². The van der Waals surface area contributed by atoms with Crippen molar-refractivity contribution in [3.8, 4) is 6.07 Å². The lowest BCUT2D eigenvalue weighted by Crippen LogP contribution is -2.38. The second-order valence-electron chi connectivity index (χ2n) is 7.88. The van der Waals surface area contributed by atoms with Crippen LogP contribution in [0.25, 0.3) is 0 Å². The van der Waals surface area contributed by atoms with E-state index in [1.54, 1.807) is 25.0 Å². The maximum absolute atomic E-state index is 10.00. The first-order valence-electron chi connectivity index (χ1n) is 10.5. The molecule has 162 valence electrons. The Morgan fingerprint density at radius 3 is 2.60 bits per heavy atom. The number of likely N-dealkylation sites (N-methyl/N-ethyl adjacent to an activating group) is 1. The normalized spacial score (nSPS) is 15.9. The molecule has 2 atom stereocenters. The molecule has 3 rings (SSSR count). The van der Waals surface area contributed by atoms with E-state index in [4.69, 9.17) is 9.40 Å². The fourth-order valence-electron chi connectivity index (χ4n) is 3.91. The second-order valence-corrected chi connectivity index (χ2v) is 7.88. The molecule has 0 radical (unpaired) electrons. The van der Waals surface area contributed by atoms with Gasteiger partial charge in [-0.25, -0.2) is 4.98 Å². The Kier molecular flexibility index (Phi) is 7.32. The van der Waals surface area contributed by atoms with Crippen molar-refractivity contribution in [1.29, 1.82) is 5.26 Å². The predicted octanol–water partition coefficient (Wildman–Crippen LogP) is 2.10. The number of aliphatic hydroxyl groups excluding tert-OH is 2. The molecule has 0 aliphatic carbocycles. The average molecular weight is 414 g/mol. The van der Waals surface area contributed by atoms with Crippen molar-refractivity contribution in [3.63, 3.8) is 0 Å². The summed E-state index contributed by atoms with van der Waals surface area (Å²) >= 11 is 0. The van der Waals surface area contributed by atoms with Crippen molar-refractivity contribution >= 4 is 11.6 Å². The number of anilines is 2. The molecule has 2 unspecified atom stereocenters. The van der Waals surface area contributed by atoms with Crippen LogP contribution in [0, 0.1) is 11.3 Å². The van der Waals surface area contributed by atoms with E-state index in [2.05, 4.69) is 23.2 Å². The summed E-state index contributed by atoms with van der Waals surface area (Å²) in [4.78, 5) is 8.96. The van der Waals surface area contributed by atoms with Gasteiger partial charge in [-0.2, -0.15) is 5.26 Å². The molecule has 1 aliphatic rings. The molecule has 2 aromatic rings. The van der Waals surface area contributed by atoms with Gasteiger partial charge in [0.25, 0.3) is 0 Å². The summed E-state index contributed by atoms with van der Waals surface area (Å²) in [7, 11) is 0. The number of furan rings is 1. The summed E-state index contributed by atoms with van der Waals surface area (Å²) in [6.45, 7) is 9.08. The molecule has 0 spiro atoms. The van der Waals surface area contributed by atoms with Gasteiger partial charge in [-0.3, -0.25) is 4.90 Å². The molecular weight excluding hydrogens is 382 g/mol. The lowest BCUT2D eigenvalue weighted by atomic mass is 9.95. The molecular formula is C22H31N5O3. The molecule has 8 heteroatoms. The minimum atomic E-state index is -0.622. The third kappa shape index (κ3) is 5.11. The van der Waals surface area contributed by atoms with E-state index in [1.807, 2.05) is 12.1 Å². The summed E-state index contributed by atoms with van der Waals surface area (Å²) in [5, 5.41) is 33.4. The molecule has 0 saturated heterocycles. The van der Waals surface area contributed by atoms with Crippen LogP contribution in [0.15, 0.2) is 22.8 Å². The van der Waals surface area contributed by atoms with Crippen LogP contribution < -0.4 is 10.2 Å². The molecule has 8 nitrogen and oxygen atoms in total. The number of pyridine rings is 1. The van der Waals surface area contributed by atoms with Gasteiger partial charge in [0, 0.05) is 31.7 Å². The van der Waals surface area contributed by atoms with Crippen LogP contribution in [-0.2, 0) is 19.5 Å². The Morgan fingerprint density at radius 1 is 1.30 bits per heavy atom. The first-order valence-corrected chi connectivity index (χ1v) is 10.5. The summed E-state index contributed by atoms with van der Waals surface area (Å²) in [6, 6.07) is 6.09. The number of hydrogen-bond acceptors (Lipinski definition) is 8. The zero-order valence-corrected chi connectivity index (χ0v) is 17.9. The summed E-state index contributed by atoms with van der Waals surface area (Å²) in [5.74, 6) is 2.02. The van der Waals surface area contributed by atoms with E-state index in [9.17, 15) is 15.5 Å². The van der Waals surface area contributed by atoms with Gasteiger partial charge in [0.05, 0.1) is 30.6 Å². The van der Waals surface area contributed by atoms with Crippen LogP contribution in [0.4, 0.5) is 11.6 Å². The van der Waals surface area contributed by atoms with Crippen molar-refractivity contribution in [3.05, 3.63) is 40.8 Å². The number of nitrogens with zero attached hydrogens (tertiary/aromatic N) is 4. The Balaban J connectivity index is 2.06. The highest BCUT2D eigenvalue weighted by molar-refractivity contribution is 5.67. The highest BCUT2D eigenvalue weighted by Gasteiger charge is 2.28. The largest absolute Gasteiger partial charge is 0.467 e. The van der Waals surface area contributed by atoms with Crippen molar-refractivity contribution in [2.75, 3.05) is 36.4 Å². The van der Waals surface area contributed by atoms with Crippen LogP contribution in [0.5, 0.6) is 0 Å². The third-order valence-electron chi connectivity index (χ3n) is 5.29. The number of fused-ring (bicyclic) bond motifs is 1. The number of nitrogens with one attached hydrogen (secondary N) is 1. The molecule has 1 aliphatic heterocycles. The van der Waals surface area contributed by atoms with E-state index in [0.717, 1.165) is 48.8 Å². The SMILES string of the molecule is CCN1CCc2c(C#N)c(N(CC(C)O)CC(C)O)nc(NCc3ccco3)c2C1. The lowest BCUT2D eigenvalue weighted by molar-refractivity contribution is 0.177. The second kappa shape index (κ2) is 9.94. The van der Waals surface area contributed by atoms with Gasteiger partial charge < -0.3 is 24.8 Å².